The SMILES string of the molecule is COc1ccc([C@@H]2CCCN2[S@@](=O)C(C)(C)C)cc1. The Balaban J connectivity index is 2.20. The van der Waals surface area contributed by atoms with Crippen molar-refractivity contribution in [2.24, 2.45) is 0 Å². The normalized spacial score (nSPS) is 22.4. The summed E-state index contributed by atoms with van der Waals surface area (Å²) in [5.41, 5.74) is 1.23. The van der Waals surface area contributed by atoms with Crippen molar-refractivity contribution in [3.05, 3.63) is 29.8 Å². The maximum atomic E-state index is 12.6. The Morgan fingerprint density at radius 3 is 2.42 bits per heavy atom. The van der Waals surface area contributed by atoms with Gasteiger partial charge in [0.05, 0.1) is 11.9 Å². The Labute approximate surface area is 118 Å². The molecule has 2 rings (SSSR count). The van der Waals surface area contributed by atoms with E-state index in [1.165, 1.54) is 5.56 Å². The summed E-state index contributed by atoms with van der Waals surface area (Å²) < 4.78 is 19.7. The van der Waals surface area contributed by atoms with E-state index in [0.717, 1.165) is 25.1 Å². The lowest BCUT2D eigenvalue weighted by Gasteiger charge is -2.30. The quantitative estimate of drug-likeness (QED) is 0.851. The Kier molecular flexibility index (Phi) is 4.31. The second-order valence-corrected chi connectivity index (χ2v) is 8.13. The number of hydrogen-bond donors (Lipinski definition) is 0. The Bertz CT molecular complexity index is 450. The molecular weight excluding hydrogens is 258 g/mol. The first kappa shape index (κ1) is 14.5. The molecule has 0 bridgehead atoms. The minimum Gasteiger partial charge on any atom is -0.497 e. The average molecular weight is 281 g/mol. The Morgan fingerprint density at radius 2 is 1.89 bits per heavy atom. The van der Waals surface area contributed by atoms with Crippen LogP contribution in [0.15, 0.2) is 24.3 Å². The second-order valence-electron chi connectivity index (χ2n) is 5.93. The highest BCUT2D eigenvalue weighted by molar-refractivity contribution is 7.84. The van der Waals surface area contributed by atoms with Gasteiger partial charge in [-0.15, -0.1) is 0 Å². The van der Waals surface area contributed by atoms with Gasteiger partial charge in [-0.05, 0) is 51.3 Å². The topological polar surface area (TPSA) is 29.5 Å². The van der Waals surface area contributed by atoms with Crippen LogP contribution in [0.2, 0.25) is 0 Å². The first-order valence-electron chi connectivity index (χ1n) is 6.76. The van der Waals surface area contributed by atoms with Crippen LogP contribution in [-0.4, -0.2) is 26.9 Å². The molecule has 1 saturated heterocycles. The van der Waals surface area contributed by atoms with Crippen LogP contribution in [0, 0.1) is 0 Å². The van der Waals surface area contributed by atoms with E-state index in [2.05, 4.69) is 16.4 Å². The van der Waals surface area contributed by atoms with E-state index in [1.807, 2.05) is 32.9 Å². The molecule has 0 N–H and O–H groups in total. The molecule has 0 aromatic heterocycles. The molecule has 1 heterocycles. The molecule has 0 aliphatic carbocycles. The molecule has 106 valence electrons. The second kappa shape index (κ2) is 5.63. The summed E-state index contributed by atoms with van der Waals surface area (Å²) in [6, 6.07) is 8.40. The van der Waals surface area contributed by atoms with Crippen LogP contribution in [0.5, 0.6) is 5.75 Å². The fourth-order valence-corrected chi connectivity index (χ4v) is 3.91. The lowest BCUT2D eigenvalue weighted by Crippen LogP contribution is -2.37. The highest BCUT2D eigenvalue weighted by atomic mass is 32.2. The van der Waals surface area contributed by atoms with Crippen LogP contribution in [0.4, 0.5) is 0 Å². The Morgan fingerprint density at radius 1 is 1.26 bits per heavy atom. The van der Waals surface area contributed by atoms with Crippen LogP contribution in [0.1, 0.15) is 45.2 Å². The number of methoxy groups -OCH3 is 1. The summed E-state index contributed by atoms with van der Waals surface area (Å²) in [5, 5.41) is 0. The molecule has 0 saturated carbocycles. The number of ether oxygens (including phenoxy) is 1. The van der Waals surface area contributed by atoms with E-state index in [1.54, 1.807) is 7.11 Å². The summed E-state index contributed by atoms with van der Waals surface area (Å²) >= 11 is 0. The van der Waals surface area contributed by atoms with Crippen molar-refractivity contribution in [3.63, 3.8) is 0 Å². The molecule has 2 atom stereocenters. The Hall–Kier alpha value is -0.870. The molecule has 1 aromatic rings. The first-order chi connectivity index (χ1) is 8.93. The average Bonchev–Trinajstić information content (AvgIpc) is 2.85. The van der Waals surface area contributed by atoms with E-state index < -0.39 is 11.0 Å². The number of hydrogen-bond acceptors (Lipinski definition) is 2. The van der Waals surface area contributed by atoms with Crippen molar-refractivity contribution in [1.82, 2.24) is 4.31 Å². The number of nitrogens with zero attached hydrogens (tertiary/aromatic N) is 1. The van der Waals surface area contributed by atoms with E-state index in [-0.39, 0.29) is 10.8 Å². The van der Waals surface area contributed by atoms with Gasteiger partial charge in [0, 0.05) is 12.6 Å². The molecular formula is C15H23NO2S. The molecule has 3 nitrogen and oxygen atoms in total. The lowest BCUT2D eigenvalue weighted by molar-refractivity contribution is 0.408. The van der Waals surface area contributed by atoms with Gasteiger partial charge in [-0.1, -0.05) is 12.1 Å². The highest BCUT2D eigenvalue weighted by Gasteiger charge is 2.35. The van der Waals surface area contributed by atoms with Gasteiger partial charge in [-0.3, -0.25) is 0 Å². The van der Waals surface area contributed by atoms with Crippen molar-refractivity contribution >= 4 is 11.0 Å². The summed E-state index contributed by atoms with van der Waals surface area (Å²) in [5.74, 6) is 0.866. The summed E-state index contributed by atoms with van der Waals surface area (Å²) in [4.78, 5) is 0. The molecule has 19 heavy (non-hydrogen) atoms. The number of rotatable bonds is 3. The fourth-order valence-electron chi connectivity index (χ4n) is 2.45. The van der Waals surface area contributed by atoms with Gasteiger partial charge >= 0.3 is 0 Å². The van der Waals surface area contributed by atoms with Crippen LogP contribution >= 0.6 is 0 Å². The zero-order chi connectivity index (χ0) is 14.0. The monoisotopic (exact) mass is 281 g/mol. The van der Waals surface area contributed by atoms with Crippen LogP contribution < -0.4 is 4.74 Å². The van der Waals surface area contributed by atoms with Gasteiger partial charge in [0.1, 0.15) is 16.7 Å². The molecule has 4 heteroatoms. The van der Waals surface area contributed by atoms with Gasteiger partial charge < -0.3 is 4.74 Å². The van der Waals surface area contributed by atoms with Gasteiger partial charge in [0.2, 0.25) is 0 Å². The standard InChI is InChI=1S/C15H23NO2S/c1-15(2,3)19(17)16-11-5-6-14(16)12-7-9-13(18-4)10-8-12/h7-10,14H,5-6,11H2,1-4H3/t14-,19-/m0/s1. The van der Waals surface area contributed by atoms with E-state index in [0.29, 0.717) is 0 Å². The van der Waals surface area contributed by atoms with Crippen molar-refractivity contribution in [2.45, 2.75) is 44.4 Å². The lowest BCUT2D eigenvalue weighted by atomic mass is 10.1. The maximum absolute atomic E-state index is 12.6. The van der Waals surface area contributed by atoms with E-state index in [9.17, 15) is 4.21 Å². The van der Waals surface area contributed by atoms with E-state index in [4.69, 9.17) is 4.74 Å². The zero-order valence-electron chi connectivity index (χ0n) is 12.2. The summed E-state index contributed by atoms with van der Waals surface area (Å²) in [7, 11) is 0.724. The van der Waals surface area contributed by atoms with Crippen LogP contribution in [0.25, 0.3) is 0 Å². The minimum atomic E-state index is -0.948. The molecule has 0 amide bonds. The van der Waals surface area contributed by atoms with Crippen LogP contribution in [-0.2, 0) is 11.0 Å². The van der Waals surface area contributed by atoms with Gasteiger partial charge in [-0.25, -0.2) is 8.51 Å². The van der Waals surface area contributed by atoms with E-state index >= 15 is 0 Å². The molecule has 0 spiro atoms. The van der Waals surface area contributed by atoms with Gasteiger partial charge in [0.25, 0.3) is 0 Å². The summed E-state index contributed by atoms with van der Waals surface area (Å²) in [6.07, 6.45) is 2.19. The van der Waals surface area contributed by atoms with Crippen molar-refractivity contribution in [1.29, 1.82) is 0 Å². The van der Waals surface area contributed by atoms with Crippen molar-refractivity contribution in [2.75, 3.05) is 13.7 Å². The molecule has 1 aliphatic rings. The third-order valence-electron chi connectivity index (χ3n) is 3.44. The highest BCUT2D eigenvalue weighted by Crippen LogP contribution is 2.36. The molecule has 1 fully saturated rings. The zero-order valence-corrected chi connectivity index (χ0v) is 13.0. The smallest absolute Gasteiger partial charge is 0.118 e. The molecule has 1 aliphatic heterocycles. The van der Waals surface area contributed by atoms with Crippen molar-refractivity contribution < 1.29 is 8.95 Å². The largest absolute Gasteiger partial charge is 0.497 e. The van der Waals surface area contributed by atoms with Crippen molar-refractivity contribution in [3.8, 4) is 5.75 Å². The summed E-state index contributed by atoms with van der Waals surface area (Å²) in [6.45, 7) is 7.02. The molecule has 0 unspecified atom stereocenters. The molecule has 0 radical (unpaired) electrons. The predicted molar refractivity (Wildman–Crippen MR) is 79.6 cm³/mol. The van der Waals surface area contributed by atoms with Gasteiger partial charge in [-0.2, -0.15) is 0 Å². The fraction of sp³-hybridized carbons (Fsp3) is 0.600. The minimum absolute atomic E-state index is 0.199. The van der Waals surface area contributed by atoms with Crippen LogP contribution in [0.3, 0.4) is 0 Å². The first-order valence-corrected chi connectivity index (χ1v) is 7.87. The predicted octanol–water partition coefficient (Wildman–Crippen LogP) is 3.29. The van der Waals surface area contributed by atoms with Gasteiger partial charge in [0.15, 0.2) is 0 Å². The third kappa shape index (κ3) is 3.18. The third-order valence-corrected chi connectivity index (χ3v) is 5.35. The molecule has 1 aromatic carbocycles. The number of benzene rings is 1. The maximum Gasteiger partial charge on any atom is 0.118 e.